The van der Waals surface area contributed by atoms with E-state index in [1.807, 2.05) is 30.3 Å². The summed E-state index contributed by atoms with van der Waals surface area (Å²) in [4.78, 5) is 12.4. The van der Waals surface area contributed by atoms with Gasteiger partial charge in [-0.1, -0.05) is 48.4 Å². The van der Waals surface area contributed by atoms with Crippen LogP contribution in [-0.4, -0.2) is 22.6 Å². The predicted octanol–water partition coefficient (Wildman–Crippen LogP) is 4.15. The van der Waals surface area contributed by atoms with Gasteiger partial charge in [0.1, 0.15) is 12.6 Å². The number of carbonyl (C=O) groups is 1. The van der Waals surface area contributed by atoms with E-state index in [-0.39, 0.29) is 18.7 Å². The number of hydrogen-bond acceptors (Lipinski definition) is 3. The molecule has 1 amide bonds. The minimum atomic E-state index is -0.539. The van der Waals surface area contributed by atoms with Crippen LogP contribution in [0, 0.1) is 11.5 Å². The number of amides is 1. The number of rotatable bonds is 4. The predicted molar refractivity (Wildman–Crippen MR) is 80.1 cm³/mol. The molecule has 0 aromatic heterocycles. The van der Waals surface area contributed by atoms with Gasteiger partial charge >= 0.3 is 12.3 Å². The van der Waals surface area contributed by atoms with Crippen LogP contribution in [0.2, 0.25) is 0 Å². The second-order valence-electron chi connectivity index (χ2n) is 5.42. The first-order chi connectivity index (χ1) is 10.2. The van der Waals surface area contributed by atoms with E-state index >= 15 is 0 Å². The third-order valence-corrected chi connectivity index (χ3v) is 4.47. The number of ether oxygens (including phenoxy) is 1. The molecule has 0 radical (unpaired) electrons. The van der Waals surface area contributed by atoms with Gasteiger partial charge < -0.3 is 4.74 Å². The smallest absolute Gasteiger partial charge is 0.414 e. The molecule has 2 rings (SSSR count). The summed E-state index contributed by atoms with van der Waals surface area (Å²) in [6.07, 6.45) is 6.49. The van der Waals surface area contributed by atoms with E-state index in [0.717, 1.165) is 37.7 Å². The number of alkyl halides is 1. The van der Waals surface area contributed by atoms with Crippen molar-refractivity contribution in [3.8, 4) is 6.19 Å². The van der Waals surface area contributed by atoms with Crippen molar-refractivity contribution in [1.82, 2.24) is 0 Å². The summed E-state index contributed by atoms with van der Waals surface area (Å²) in [5.74, 6) is 0. The highest BCUT2D eigenvalue weighted by atomic mass is 35.5. The molecule has 1 aromatic carbocycles. The lowest BCUT2D eigenvalue weighted by atomic mass is 9.93. The van der Waals surface area contributed by atoms with Crippen LogP contribution in [0.15, 0.2) is 30.3 Å². The minimum absolute atomic E-state index is 0.0514. The lowest BCUT2D eigenvalue weighted by Crippen LogP contribution is -2.55. The maximum Gasteiger partial charge on any atom is 0.532 e. The molecule has 0 heterocycles. The maximum absolute atomic E-state index is 12.4. The highest BCUT2D eigenvalue weighted by Gasteiger charge is 2.47. The third-order valence-electron chi connectivity index (χ3n) is 4.10. The van der Waals surface area contributed by atoms with Gasteiger partial charge in [0.05, 0.1) is 0 Å². The van der Waals surface area contributed by atoms with Crippen LogP contribution >= 0.6 is 11.6 Å². The van der Waals surface area contributed by atoms with Crippen molar-refractivity contribution >= 4 is 17.7 Å². The Kier molecular flexibility index (Phi) is 5.60. The SMILES string of the molecule is N#C[N+](CCl)(C(=O)OCc1ccccc1)C1CCCCC1. The molecule has 1 fully saturated rings. The first-order valence-corrected chi connectivity index (χ1v) is 7.82. The van der Waals surface area contributed by atoms with E-state index in [1.54, 1.807) is 0 Å². The van der Waals surface area contributed by atoms with Gasteiger partial charge in [-0.15, -0.1) is 9.74 Å². The van der Waals surface area contributed by atoms with E-state index < -0.39 is 10.6 Å². The fraction of sp³-hybridized carbons (Fsp3) is 0.500. The van der Waals surface area contributed by atoms with Crippen LogP contribution < -0.4 is 0 Å². The molecule has 112 valence electrons. The fourth-order valence-electron chi connectivity index (χ4n) is 2.80. The zero-order valence-corrected chi connectivity index (χ0v) is 12.8. The van der Waals surface area contributed by atoms with E-state index in [0.29, 0.717) is 0 Å². The van der Waals surface area contributed by atoms with Crippen molar-refractivity contribution < 1.29 is 14.0 Å². The normalized spacial score (nSPS) is 18.5. The number of carbonyl (C=O) groups excluding carboxylic acids is 1. The lowest BCUT2D eigenvalue weighted by molar-refractivity contribution is -0.810. The number of benzene rings is 1. The molecule has 0 aliphatic heterocycles. The lowest BCUT2D eigenvalue weighted by Gasteiger charge is -2.33. The molecule has 4 nitrogen and oxygen atoms in total. The highest BCUT2D eigenvalue weighted by molar-refractivity contribution is 6.17. The van der Waals surface area contributed by atoms with Gasteiger partial charge in [-0.25, -0.2) is 0 Å². The van der Waals surface area contributed by atoms with Crippen molar-refractivity contribution in [3.05, 3.63) is 35.9 Å². The molecule has 0 saturated heterocycles. The third kappa shape index (κ3) is 3.55. The van der Waals surface area contributed by atoms with Crippen LogP contribution in [0.1, 0.15) is 37.7 Å². The number of hydrogen-bond donors (Lipinski definition) is 0. The van der Waals surface area contributed by atoms with Crippen molar-refractivity contribution in [2.45, 2.75) is 44.8 Å². The summed E-state index contributed by atoms with van der Waals surface area (Å²) in [7, 11) is 0. The van der Waals surface area contributed by atoms with Gasteiger partial charge in [-0.2, -0.15) is 4.79 Å². The molecule has 1 aliphatic carbocycles. The number of halogens is 1. The molecule has 1 aliphatic rings. The van der Waals surface area contributed by atoms with Gasteiger partial charge in [0.15, 0.2) is 6.00 Å². The number of nitriles is 1. The molecule has 0 bridgehead atoms. The van der Waals surface area contributed by atoms with Crippen molar-refractivity contribution in [2.24, 2.45) is 0 Å². The first-order valence-electron chi connectivity index (χ1n) is 7.29. The van der Waals surface area contributed by atoms with Gasteiger partial charge in [0.25, 0.3) is 0 Å². The summed E-state index contributed by atoms with van der Waals surface area (Å²) in [6.45, 7) is 0.172. The highest BCUT2D eigenvalue weighted by Crippen LogP contribution is 2.30. The monoisotopic (exact) mass is 307 g/mol. The first kappa shape index (κ1) is 15.8. The van der Waals surface area contributed by atoms with Gasteiger partial charge in [0, 0.05) is 12.8 Å². The van der Waals surface area contributed by atoms with Crippen LogP contribution in [0.5, 0.6) is 0 Å². The van der Waals surface area contributed by atoms with E-state index in [9.17, 15) is 10.1 Å². The zero-order chi connectivity index (χ0) is 15.1. The number of nitrogens with zero attached hydrogens (tertiary/aromatic N) is 2. The maximum atomic E-state index is 12.4. The quantitative estimate of drug-likeness (QED) is 0.363. The van der Waals surface area contributed by atoms with Crippen molar-refractivity contribution in [1.29, 1.82) is 5.26 Å². The summed E-state index contributed by atoms with van der Waals surface area (Å²) >= 11 is 5.98. The topological polar surface area (TPSA) is 50.1 Å². The van der Waals surface area contributed by atoms with Crippen LogP contribution in [0.3, 0.4) is 0 Å². The van der Waals surface area contributed by atoms with Crippen molar-refractivity contribution in [2.75, 3.05) is 6.00 Å². The summed E-state index contributed by atoms with van der Waals surface area (Å²) < 4.78 is 4.92. The summed E-state index contributed by atoms with van der Waals surface area (Å²) in [5, 5.41) is 9.53. The molecule has 1 aromatic rings. The average Bonchev–Trinajstić information content (AvgIpc) is 2.56. The Labute approximate surface area is 130 Å². The largest absolute Gasteiger partial charge is 0.532 e. The Bertz CT molecular complexity index is 509. The van der Waals surface area contributed by atoms with Gasteiger partial charge in [-0.05, 0) is 18.4 Å². The molecule has 1 unspecified atom stereocenters. The minimum Gasteiger partial charge on any atom is -0.414 e. The van der Waals surface area contributed by atoms with Gasteiger partial charge in [0.2, 0.25) is 0 Å². The Hall–Kier alpha value is -1.57. The van der Waals surface area contributed by atoms with Crippen LogP contribution in [0.25, 0.3) is 0 Å². The zero-order valence-electron chi connectivity index (χ0n) is 12.0. The van der Waals surface area contributed by atoms with Crippen molar-refractivity contribution in [3.63, 3.8) is 0 Å². The van der Waals surface area contributed by atoms with Crippen LogP contribution in [-0.2, 0) is 11.3 Å². The molecule has 0 N–H and O–H groups in total. The molecule has 21 heavy (non-hydrogen) atoms. The molecule has 1 saturated carbocycles. The Morgan fingerprint density at radius 3 is 2.52 bits per heavy atom. The van der Waals surface area contributed by atoms with Crippen LogP contribution in [0.4, 0.5) is 4.79 Å². The standard InChI is InChI=1S/C16H20ClN2O2/c17-12-19(13-18,15-9-5-2-6-10-15)16(20)21-11-14-7-3-1-4-8-14/h1,3-4,7-8,15H,2,5-6,9-12H2/q+1. The Morgan fingerprint density at radius 2 is 1.95 bits per heavy atom. The Balaban J connectivity index is 2.06. The summed E-state index contributed by atoms with van der Waals surface area (Å²) in [6, 6.07) is 9.34. The van der Waals surface area contributed by atoms with Gasteiger partial charge in [-0.3, -0.25) is 0 Å². The van der Waals surface area contributed by atoms with E-state index in [1.165, 1.54) is 0 Å². The second-order valence-corrected chi connectivity index (χ2v) is 5.66. The van der Waals surface area contributed by atoms with E-state index in [2.05, 4.69) is 6.19 Å². The van der Waals surface area contributed by atoms with E-state index in [4.69, 9.17) is 16.3 Å². The molecular weight excluding hydrogens is 288 g/mol. The second kappa shape index (κ2) is 7.44. The Morgan fingerprint density at radius 1 is 1.29 bits per heavy atom. The number of quaternary nitrogens is 1. The molecular formula is C16H20ClN2O2+. The fourth-order valence-corrected chi connectivity index (χ4v) is 3.15. The average molecular weight is 308 g/mol. The molecule has 1 atom stereocenters. The molecule has 5 heteroatoms. The summed E-state index contributed by atoms with van der Waals surface area (Å²) in [5.41, 5.74) is 0.903. The molecule has 0 spiro atoms.